The van der Waals surface area contributed by atoms with E-state index in [1.54, 1.807) is 30.9 Å². The Labute approximate surface area is 150 Å². The largest absolute Gasteiger partial charge is 0.497 e. The van der Waals surface area contributed by atoms with Gasteiger partial charge in [-0.25, -0.2) is 4.98 Å². The standard InChI is InChI=1S/C19H17N5O2/c1-25-11-7-8-16(26-2)12(9-11)17-13(10-20)18(21)24-15-6-4-3-5-14(15)22-19(24)23-17/h3-9,17H,21H2,1-2H3,(H,22,23)/t17-/m0/s1. The number of methoxy groups -OCH3 is 2. The smallest absolute Gasteiger partial charge is 0.210 e. The second-order valence-corrected chi connectivity index (χ2v) is 5.86. The zero-order valence-electron chi connectivity index (χ0n) is 14.4. The van der Waals surface area contributed by atoms with Crippen molar-refractivity contribution in [2.45, 2.75) is 6.04 Å². The highest BCUT2D eigenvalue weighted by atomic mass is 16.5. The highest BCUT2D eigenvalue weighted by Gasteiger charge is 2.31. The fraction of sp³-hybridized carbons (Fsp3) is 0.158. The van der Waals surface area contributed by atoms with Crippen LogP contribution in [0.15, 0.2) is 48.0 Å². The number of aromatic nitrogens is 2. The zero-order valence-corrected chi connectivity index (χ0v) is 14.4. The van der Waals surface area contributed by atoms with E-state index >= 15 is 0 Å². The van der Waals surface area contributed by atoms with E-state index in [0.717, 1.165) is 16.6 Å². The molecule has 1 aliphatic heterocycles. The van der Waals surface area contributed by atoms with Crippen molar-refractivity contribution in [3.05, 3.63) is 53.6 Å². The minimum Gasteiger partial charge on any atom is -0.497 e. The molecule has 1 aromatic heterocycles. The van der Waals surface area contributed by atoms with Crippen LogP contribution in [0.1, 0.15) is 11.6 Å². The van der Waals surface area contributed by atoms with Crippen molar-refractivity contribution in [2.75, 3.05) is 19.5 Å². The molecule has 0 aliphatic carbocycles. The number of anilines is 1. The maximum absolute atomic E-state index is 9.78. The summed E-state index contributed by atoms with van der Waals surface area (Å²) in [7, 11) is 3.18. The highest BCUT2D eigenvalue weighted by molar-refractivity contribution is 5.85. The number of nitrogens with zero attached hydrogens (tertiary/aromatic N) is 3. The van der Waals surface area contributed by atoms with E-state index in [0.29, 0.717) is 28.8 Å². The van der Waals surface area contributed by atoms with E-state index in [1.807, 2.05) is 30.3 Å². The first-order valence-electron chi connectivity index (χ1n) is 8.04. The lowest BCUT2D eigenvalue weighted by Crippen LogP contribution is -2.26. The quantitative estimate of drug-likeness (QED) is 0.756. The van der Waals surface area contributed by atoms with Crippen molar-refractivity contribution in [3.63, 3.8) is 0 Å². The Balaban J connectivity index is 1.93. The molecule has 7 nitrogen and oxygen atoms in total. The maximum atomic E-state index is 9.78. The average Bonchev–Trinajstić information content (AvgIpc) is 3.06. The molecule has 2 aromatic carbocycles. The Hall–Kier alpha value is -3.66. The van der Waals surface area contributed by atoms with Gasteiger partial charge in [0.05, 0.1) is 36.9 Å². The first-order chi connectivity index (χ1) is 12.7. The first kappa shape index (κ1) is 15.8. The molecule has 0 unspecified atom stereocenters. The Kier molecular flexibility index (Phi) is 3.66. The number of benzene rings is 2. The molecular formula is C19H17N5O2. The molecule has 1 atom stereocenters. The monoisotopic (exact) mass is 347 g/mol. The lowest BCUT2D eigenvalue weighted by Gasteiger charge is -2.27. The van der Waals surface area contributed by atoms with Gasteiger partial charge in [-0.1, -0.05) is 12.1 Å². The summed E-state index contributed by atoms with van der Waals surface area (Å²) in [5, 5.41) is 13.1. The van der Waals surface area contributed by atoms with Crippen molar-refractivity contribution >= 4 is 22.8 Å². The Bertz CT molecular complexity index is 1080. The second kappa shape index (κ2) is 6.01. The molecule has 3 aromatic rings. The lowest BCUT2D eigenvalue weighted by atomic mass is 9.97. The molecule has 3 N–H and O–H groups in total. The van der Waals surface area contributed by atoms with Crippen LogP contribution in [0.25, 0.3) is 16.9 Å². The summed E-state index contributed by atoms with van der Waals surface area (Å²) < 4.78 is 12.6. The third-order valence-electron chi connectivity index (χ3n) is 4.51. The average molecular weight is 347 g/mol. The molecule has 2 heterocycles. The number of hydrogen-bond acceptors (Lipinski definition) is 6. The van der Waals surface area contributed by atoms with Crippen molar-refractivity contribution in [2.24, 2.45) is 5.73 Å². The Morgan fingerprint density at radius 2 is 2.00 bits per heavy atom. The molecule has 0 fully saturated rings. The van der Waals surface area contributed by atoms with Crippen molar-refractivity contribution in [3.8, 4) is 17.6 Å². The van der Waals surface area contributed by atoms with Crippen LogP contribution in [0, 0.1) is 11.3 Å². The molecule has 7 heteroatoms. The van der Waals surface area contributed by atoms with Crippen molar-refractivity contribution in [1.82, 2.24) is 9.55 Å². The van der Waals surface area contributed by atoms with Crippen LogP contribution < -0.4 is 20.5 Å². The summed E-state index contributed by atoms with van der Waals surface area (Å²) in [6.07, 6.45) is 0. The number of nitrogens with one attached hydrogen (secondary N) is 1. The number of ether oxygens (including phenoxy) is 2. The van der Waals surface area contributed by atoms with Crippen LogP contribution in [0.4, 0.5) is 5.95 Å². The summed E-state index contributed by atoms with van der Waals surface area (Å²) in [6.45, 7) is 0. The summed E-state index contributed by atoms with van der Waals surface area (Å²) in [4.78, 5) is 4.60. The van der Waals surface area contributed by atoms with E-state index in [4.69, 9.17) is 15.2 Å². The molecule has 130 valence electrons. The van der Waals surface area contributed by atoms with Gasteiger partial charge in [0.2, 0.25) is 5.95 Å². The molecule has 0 amide bonds. The Morgan fingerprint density at radius 3 is 2.73 bits per heavy atom. The molecule has 1 aliphatic rings. The zero-order chi connectivity index (χ0) is 18.3. The van der Waals surface area contributed by atoms with E-state index < -0.39 is 6.04 Å². The molecule has 4 rings (SSSR count). The number of hydrogen-bond donors (Lipinski definition) is 2. The van der Waals surface area contributed by atoms with E-state index in [-0.39, 0.29) is 0 Å². The second-order valence-electron chi connectivity index (χ2n) is 5.86. The van der Waals surface area contributed by atoms with Gasteiger partial charge in [0.1, 0.15) is 23.4 Å². The van der Waals surface area contributed by atoms with Crippen molar-refractivity contribution in [1.29, 1.82) is 5.26 Å². The van der Waals surface area contributed by atoms with Gasteiger partial charge >= 0.3 is 0 Å². The molecule has 0 saturated carbocycles. The third kappa shape index (κ3) is 2.24. The summed E-state index contributed by atoms with van der Waals surface area (Å²) in [6, 6.07) is 14.8. The van der Waals surface area contributed by atoms with Crippen LogP contribution in [0.2, 0.25) is 0 Å². The van der Waals surface area contributed by atoms with Gasteiger partial charge in [0, 0.05) is 5.56 Å². The van der Waals surface area contributed by atoms with Crippen LogP contribution in [0.3, 0.4) is 0 Å². The van der Waals surface area contributed by atoms with Crippen LogP contribution in [-0.2, 0) is 0 Å². The minimum absolute atomic E-state index is 0.352. The van der Waals surface area contributed by atoms with Gasteiger partial charge in [-0.15, -0.1) is 0 Å². The lowest BCUT2D eigenvalue weighted by molar-refractivity contribution is 0.397. The number of nitrogens with two attached hydrogens (primary N) is 1. The number of para-hydroxylation sites is 2. The molecule has 26 heavy (non-hydrogen) atoms. The topological polar surface area (TPSA) is 98.1 Å². The maximum Gasteiger partial charge on any atom is 0.210 e. The van der Waals surface area contributed by atoms with Gasteiger partial charge < -0.3 is 20.5 Å². The van der Waals surface area contributed by atoms with Gasteiger partial charge in [-0.05, 0) is 30.3 Å². The van der Waals surface area contributed by atoms with Crippen LogP contribution >= 0.6 is 0 Å². The first-order valence-corrected chi connectivity index (χ1v) is 8.04. The molecular weight excluding hydrogens is 330 g/mol. The number of rotatable bonds is 3. The summed E-state index contributed by atoms with van der Waals surface area (Å²) >= 11 is 0. The number of nitriles is 1. The minimum atomic E-state index is -0.491. The predicted octanol–water partition coefficient (Wildman–Crippen LogP) is 2.87. The molecule has 0 spiro atoms. The van der Waals surface area contributed by atoms with Gasteiger partial charge in [-0.3, -0.25) is 4.57 Å². The van der Waals surface area contributed by atoms with Gasteiger partial charge in [0.15, 0.2) is 0 Å². The van der Waals surface area contributed by atoms with E-state index in [9.17, 15) is 5.26 Å². The summed E-state index contributed by atoms with van der Waals surface area (Å²) in [5.74, 6) is 2.23. The molecule has 0 bridgehead atoms. The normalized spacial score (nSPS) is 16.0. The summed E-state index contributed by atoms with van der Waals surface area (Å²) in [5.41, 5.74) is 9.16. The van der Waals surface area contributed by atoms with Gasteiger partial charge in [-0.2, -0.15) is 5.26 Å². The molecule has 0 saturated heterocycles. The number of imidazole rings is 1. The fourth-order valence-corrected chi connectivity index (χ4v) is 3.26. The predicted molar refractivity (Wildman–Crippen MR) is 98.7 cm³/mol. The van der Waals surface area contributed by atoms with Crippen LogP contribution in [-0.4, -0.2) is 23.8 Å². The highest BCUT2D eigenvalue weighted by Crippen LogP contribution is 2.40. The SMILES string of the molecule is COc1ccc(OC)c([C@@H]2Nc3nc4ccccc4n3C(N)=C2C#N)c1. The number of fused-ring (bicyclic) bond motifs is 3. The van der Waals surface area contributed by atoms with Crippen LogP contribution in [0.5, 0.6) is 11.5 Å². The fourth-order valence-electron chi connectivity index (χ4n) is 3.26. The molecule has 0 radical (unpaired) electrons. The Morgan fingerprint density at radius 1 is 1.19 bits per heavy atom. The van der Waals surface area contributed by atoms with E-state index in [1.165, 1.54) is 0 Å². The van der Waals surface area contributed by atoms with E-state index in [2.05, 4.69) is 16.4 Å². The van der Waals surface area contributed by atoms with Crippen molar-refractivity contribution < 1.29 is 9.47 Å². The third-order valence-corrected chi connectivity index (χ3v) is 4.51. The van der Waals surface area contributed by atoms with Gasteiger partial charge in [0.25, 0.3) is 0 Å².